The van der Waals surface area contributed by atoms with Gasteiger partial charge in [-0.25, -0.2) is 22.0 Å². The molecular weight excluding hydrogens is 494 g/mol. The van der Waals surface area contributed by atoms with E-state index in [1.807, 2.05) is 6.07 Å². The summed E-state index contributed by atoms with van der Waals surface area (Å²) in [4.78, 5) is 26.5. The van der Waals surface area contributed by atoms with Gasteiger partial charge in [-0.15, -0.1) is 0 Å². The molecule has 3 heterocycles. The van der Waals surface area contributed by atoms with Gasteiger partial charge in [-0.05, 0) is 23.8 Å². The Hall–Kier alpha value is -4.21. The van der Waals surface area contributed by atoms with Crippen LogP contribution in [0.4, 0.5) is 0 Å². The minimum atomic E-state index is -4.13. The van der Waals surface area contributed by atoms with Gasteiger partial charge in [0.1, 0.15) is 6.10 Å². The molecule has 0 spiro atoms. The molecule has 0 N–H and O–H groups in total. The molecule has 0 unspecified atom stereocenters. The van der Waals surface area contributed by atoms with E-state index in [0.29, 0.717) is 22.0 Å². The number of esters is 2. The quantitative estimate of drug-likeness (QED) is 0.372. The van der Waals surface area contributed by atoms with Crippen LogP contribution < -0.4 is 0 Å². The minimum Gasteiger partial charge on any atom is -0.466 e. The predicted molar refractivity (Wildman–Crippen MR) is 133 cm³/mol. The molecule has 37 heavy (non-hydrogen) atoms. The van der Waals surface area contributed by atoms with Crippen LogP contribution in [0.2, 0.25) is 0 Å². The predicted octanol–water partition coefficient (Wildman–Crippen LogP) is 3.85. The van der Waals surface area contributed by atoms with Gasteiger partial charge in [-0.2, -0.15) is 0 Å². The van der Waals surface area contributed by atoms with Crippen LogP contribution in [0.15, 0.2) is 101 Å². The van der Waals surface area contributed by atoms with Gasteiger partial charge >= 0.3 is 11.9 Å². The molecule has 0 saturated heterocycles. The number of hydrogen-bond donors (Lipinski definition) is 0. The highest BCUT2D eigenvalue weighted by Gasteiger charge is 2.64. The molecule has 0 aliphatic carbocycles. The number of para-hydroxylation sites is 1. The van der Waals surface area contributed by atoms with Crippen LogP contribution in [-0.2, 0) is 39.4 Å². The first-order chi connectivity index (χ1) is 17.9. The fraction of sp³-hybridized carbons (Fsp3) is 0.143. The maximum absolute atomic E-state index is 14.1. The molecule has 0 fully saturated rings. The highest BCUT2D eigenvalue weighted by Crippen LogP contribution is 2.63. The molecule has 1 aromatic heterocycles. The lowest BCUT2D eigenvalue weighted by Crippen LogP contribution is -2.34. The van der Waals surface area contributed by atoms with E-state index >= 15 is 0 Å². The van der Waals surface area contributed by atoms with Gasteiger partial charge in [0, 0.05) is 10.9 Å². The maximum Gasteiger partial charge on any atom is 0.338 e. The lowest BCUT2D eigenvalue weighted by atomic mass is 9.75. The summed E-state index contributed by atoms with van der Waals surface area (Å²) < 4.78 is 46.1. The SMILES string of the molecule is COC(=O)C1=C(C(=O)OC)[C@]2(c3ccccc3)O[C@H]1c1c2c2ccccc2n1S(=O)(=O)c1ccccc1. The number of aromatic nitrogens is 1. The van der Waals surface area contributed by atoms with Gasteiger partial charge in [0.15, 0.2) is 5.60 Å². The summed E-state index contributed by atoms with van der Waals surface area (Å²) >= 11 is 0. The molecular formula is C28H21NO7S. The van der Waals surface area contributed by atoms with Crippen molar-refractivity contribution >= 4 is 32.9 Å². The Bertz CT molecular complexity index is 1720. The first kappa shape index (κ1) is 23.2. The summed E-state index contributed by atoms with van der Waals surface area (Å²) in [6, 6.07) is 24.0. The van der Waals surface area contributed by atoms with E-state index < -0.39 is 33.7 Å². The van der Waals surface area contributed by atoms with Crippen molar-refractivity contribution in [3.05, 3.63) is 113 Å². The molecule has 2 aliphatic rings. The number of rotatable bonds is 5. The smallest absolute Gasteiger partial charge is 0.338 e. The number of benzene rings is 3. The second-order valence-electron chi connectivity index (χ2n) is 8.68. The van der Waals surface area contributed by atoms with Gasteiger partial charge in [0.05, 0.1) is 41.5 Å². The zero-order chi connectivity index (χ0) is 25.9. The van der Waals surface area contributed by atoms with E-state index in [1.165, 1.54) is 30.3 Å². The second-order valence-corrected chi connectivity index (χ2v) is 10.5. The molecule has 0 radical (unpaired) electrons. The number of carbonyl (C=O) groups is 2. The normalized spacial score (nSPS) is 20.2. The van der Waals surface area contributed by atoms with Crippen molar-refractivity contribution < 1.29 is 32.2 Å². The number of methoxy groups -OCH3 is 2. The molecule has 9 heteroatoms. The Labute approximate surface area is 212 Å². The first-order valence-electron chi connectivity index (χ1n) is 11.5. The fourth-order valence-electron chi connectivity index (χ4n) is 5.49. The lowest BCUT2D eigenvalue weighted by Gasteiger charge is -2.29. The van der Waals surface area contributed by atoms with Gasteiger partial charge in [0.25, 0.3) is 10.0 Å². The van der Waals surface area contributed by atoms with E-state index in [-0.39, 0.29) is 21.7 Å². The van der Waals surface area contributed by atoms with Crippen LogP contribution in [0.25, 0.3) is 10.9 Å². The molecule has 3 aromatic carbocycles. The van der Waals surface area contributed by atoms with Gasteiger partial charge in [-0.1, -0.05) is 66.7 Å². The van der Waals surface area contributed by atoms with Crippen molar-refractivity contribution in [2.24, 2.45) is 0 Å². The summed E-state index contributed by atoms with van der Waals surface area (Å²) in [6.45, 7) is 0. The number of nitrogens with zero attached hydrogens (tertiary/aromatic N) is 1. The highest BCUT2D eigenvalue weighted by atomic mass is 32.2. The topological polar surface area (TPSA) is 101 Å². The summed E-state index contributed by atoms with van der Waals surface area (Å²) in [5, 5.41) is 0.577. The van der Waals surface area contributed by atoms with Crippen molar-refractivity contribution in [3.63, 3.8) is 0 Å². The van der Waals surface area contributed by atoms with Crippen molar-refractivity contribution in [2.75, 3.05) is 14.2 Å². The fourth-order valence-corrected chi connectivity index (χ4v) is 7.07. The third-order valence-corrected chi connectivity index (χ3v) is 8.64. The summed E-state index contributed by atoms with van der Waals surface area (Å²) in [6.07, 6.45) is -1.19. The molecule has 2 atom stereocenters. The summed E-state index contributed by atoms with van der Waals surface area (Å²) in [7, 11) is -1.71. The number of ether oxygens (including phenoxy) is 3. The Kier molecular flexibility index (Phi) is 5.11. The van der Waals surface area contributed by atoms with E-state index in [9.17, 15) is 18.0 Å². The van der Waals surface area contributed by atoms with E-state index in [4.69, 9.17) is 14.2 Å². The van der Waals surface area contributed by atoms with Gasteiger partial charge < -0.3 is 14.2 Å². The minimum absolute atomic E-state index is 0.0226. The first-order valence-corrected chi connectivity index (χ1v) is 12.9. The number of carbonyl (C=O) groups excluding carboxylic acids is 2. The highest BCUT2D eigenvalue weighted by molar-refractivity contribution is 7.90. The number of hydrogen-bond acceptors (Lipinski definition) is 7. The van der Waals surface area contributed by atoms with Crippen molar-refractivity contribution in [3.8, 4) is 0 Å². The van der Waals surface area contributed by atoms with Crippen LogP contribution in [0.5, 0.6) is 0 Å². The van der Waals surface area contributed by atoms with E-state index in [1.54, 1.807) is 66.7 Å². The number of fused-ring (bicyclic) bond motifs is 7. The molecule has 2 aliphatic heterocycles. The van der Waals surface area contributed by atoms with Gasteiger partial charge in [-0.3, -0.25) is 0 Å². The average molecular weight is 516 g/mol. The van der Waals surface area contributed by atoms with E-state index in [2.05, 4.69) is 0 Å². The van der Waals surface area contributed by atoms with Crippen LogP contribution in [0, 0.1) is 0 Å². The van der Waals surface area contributed by atoms with Crippen molar-refractivity contribution in [1.29, 1.82) is 0 Å². The van der Waals surface area contributed by atoms with E-state index in [0.717, 1.165) is 0 Å². The maximum atomic E-state index is 14.1. The lowest BCUT2D eigenvalue weighted by molar-refractivity contribution is -0.139. The Morgan fingerprint density at radius 1 is 0.838 bits per heavy atom. The van der Waals surface area contributed by atoms with Crippen LogP contribution in [0.3, 0.4) is 0 Å². The molecule has 4 aromatic rings. The molecule has 8 nitrogen and oxygen atoms in total. The molecule has 0 saturated carbocycles. The largest absolute Gasteiger partial charge is 0.466 e. The monoisotopic (exact) mass is 515 g/mol. The van der Waals surface area contributed by atoms with Crippen molar-refractivity contribution in [1.82, 2.24) is 3.97 Å². The van der Waals surface area contributed by atoms with Crippen LogP contribution >= 0.6 is 0 Å². The second kappa shape index (κ2) is 8.16. The third-order valence-electron chi connectivity index (χ3n) is 6.90. The third kappa shape index (κ3) is 2.95. The van der Waals surface area contributed by atoms with Crippen molar-refractivity contribution in [2.45, 2.75) is 16.6 Å². The van der Waals surface area contributed by atoms with Gasteiger partial charge in [0.2, 0.25) is 0 Å². The zero-order valence-electron chi connectivity index (χ0n) is 19.9. The molecule has 6 rings (SSSR count). The Morgan fingerprint density at radius 3 is 2.08 bits per heavy atom. The Balaban J connectivity index is 1.80. The van der Waals surface area contributed by atoms with Crippen LogP contribution in [0.1, 0.15) is 22.9 Å². The standard InChI is InChI=1S/C28H21NO7S/c1-34-26(30)21-23(27(31)35-2)28(17-11-5-3-6-12-17)22-19-15-9-10-16-20(19)29(24(22)25(21)36-28)37(32,33)18-13-7-4-8-14-18/h3-16,25H,1-2H3/t25-,28-/m1/s1. The average Bonchev–Trinajstić information content (AvgIpc) is 3.59. The summed E-state index contributed by atoms with van der Waals surface area (Å²) in [5.74, 6) is -1.57. The summed E-state index contributed by atoms with van der Waals surface area (Å²) in [5.41, 5.74) is -0.00895. The van der Waals surface area contributed by atoms with Crippen LogP contribution in [-0.4, -0.2) is 38.5 Å². The zero-order valence-corrected chi connectivity index (χ0v) is 20.7. The Morgan fingerprint density at radius 2 is 1.43 bits per heavy atom. The molecule has 0 amide bonds. The molecule has 2 bridgehead atoms. The molecule has 186 valence electrons.